The monoisotopic (exact) mass is 349 g/mol. The number of hydrogen-bond donors (Lipinski definition) is 2. The molecular formula is C17H20BrNO2. The molecule has 2 N–H and O–H groups in total. The Labute approximate surface area is 134 Å². The number of aliphatic hydroxyl groups excluding tert-OH is 1. The van der Waals surface area contributed by atoms with Crippen LogP contribution in [0.2, 0.25) is 0 Å². The topological polar surface area (TPSA) is 41.5 Å². The first-order valence-electron chi connectivity index (χ1n) is 7.00. The van der Waals surface area contributed by atoms with Gasteiger partial charge in [-0.05, 0) is 36.8 Å². The average molecular weight is 350 g/mol. The number of halogens is 1. The fourth-order valence-corrected chi connectivity index (χ4v) is 2.22. The molecule has 0 heterocycles. The molecule has 0 bridgehead atoms. The van der Waals surface area contributed by atoms with E-state index >= 15 is 0 Å². The fourth-order valence-electron chi connectivity index (χ4n) is 1.95. The Morgan fingerprint density at radius 3 is 2.43 bits per heavy atom. The SMILES string of the molecule is C[C@H](NC[C@H](O)COc1ccc(Br)cc1)c1ccccc1. The molecule has 0 aliphatic carbocycles. The van der Waals surface area contributed by atoms with Gasteiger partial charge in [-0.2, -0.15) is 0 Å². The minimum absolute atomic E-state index is 0.202. The first-order valence-corrected chi connectivity index (χ1v) is 7.79. The highest BCUT2D eigenvalue weighted by Gasteiger charge is 2.09. The number of rotatable bonds is 7. The Bertz CT molecular complexity index is 530. The summed E-state index contributed by atoms with van der Waals surface area (Å²) >= 11 is 3.37. The highest BCUT2D eigenvalue weighted by Crippen LogP contribution is 2.16. The lowest BCUT2D eigenvalue weighted by Gasteiger charge is -2.18. The minimum atomic E-state index is -0.542. The van der Waals surface area contributed by atoms with Crippen LogP contribution in [0.15, 0.2) is 59.1 Å². The third kappa shape index (κ3) is 5.50. The van der Waals surface area contributed by atoms with Crippen LogP contribution in [-0.4, -0.2) is 24.4 Å². The fraction of sp³-hybridized carbons (Fsp3) is 0.294. The zero-order chi connectivity index (χ0) is 15.1. The Kier molecular flexibility index (Phi) is 6.23. The highest BCUT2D eigenvalue weighted by atomic mass is 79.9. The van der Waals surface area contributed by atoms with Crippen molar-refractivity contribution in [1.82, 2.24) is 5.32 Å². The lowest BCUT2D eigenvalue weighted by atomic mass is 10.1. The molecule has 0 spiro atoms. The van der Waals surface area contributed by atoms with Crippen molar-refractivity contribution in [3.63, 3.8) is 0 Å². The summed E-state index contributed by atoms with van der Waals surface area (Å²) < 4.78 is 6.56. The molecule has 0 amide bonds. The third-order valence-electron chi connectivity index (χ3n) is 3.22. The number of nitrogens with one attached hydrogen (secondary N) is 1. The van der Waals surface area contributed by atoms with Gasteiger partial charge < -0.3 is 15.2 Å². The molecule has 0 saturated carbocycles. The second-order valence-electron chi connectivity index (χ2n) is 4.96. The molecule has 0 aliphatic rings. The maximum absolute atomic E-state index is 9.96. The first kappa shape index (κ1) is 16.0. The number of aliphatic hydroxyl groups is 1. The van der Waals surface area contributed by atoms with E-state index in [2.05, 4.69) is 40.3 Å². The van der Waals surface area contributed by atoms with Gasteiger partial charge in [-0.3, -0.25) is 0 Å². The van der Waals surface area contributed by atoms with Crippen LogP contribution in [0.3, 0.4) is 0 Å². The first-order chi connectivity index (χ1) is 10.1. The third-order valence-corrected chi connectivity index (χ3v) is 3.74. The van der Waals surface area contributed by atoms with Crippen LogP contribution in [0.4, 0.5) is 0 Å². The lowest BCUT2D eigenvalue weighted by Crippen LogP contribution is -2.33. The van der Waals surface area contributed by atoms with E-state index in [4.69, 9.17) is 4.74 Å². The van der Waals surface area contributed by atoms with Crippen molar-refractivity contribution in [2.24, 2.45) is 0 Å². The van der Waals surface area contributed by atoms with Crippen LogP contribution in [0.1, 0.15) is 18.5 Å². The molecule has 2 rings (SSSR count). The van der Waals surface area contributed by atoms with Gasteiger partial charge in [0.05, 0.1) is 0 Å². The average Bonchev–Trinajstić information content (AvgIpc) is 2.53. The summed E-state index contributed by atoms with van der Waals surface area (Å²) in [6, 6.07) is 17.9. The van der Waals surface area contributed by atoms with Crippen molar-refractivity contribution in [1.29, 1.82) is 0 Å². The lowest BCUT2D eigenvalue weighted by molar-refractivity contribution is 0.104. The largest absolute Gasteiger partial charge is 0.491 e. The normalized spacial score (nSPS) is 13.7. The summed E-state index contributed by atoms with van der Waals surface area (Å²) in [5.41, 5.74) is 1.21. The van der Waals surface area contributed by atoms with E-state index in [9.17, 15) is 5.11 Å². The van der Waals surface area contributed by atoms with Gasteiger partial charge in [0.2, 0.25) is 0 Å². The van der Waals surface area contributed by atoms with Crippen LogP contribution in [0.5, 0.6) is 5.75 Å². The van der Waals surface area contributed by atoms with Gasteiger partial charge in [-0.25, -0.2) is 0 Å². The molecular weight excluding hydrogens is 330 g/mol. The molecule has 0 saturated heterocycles. The van der Waals surface area contributed by atoms with Crippen LogP contribution < -0.4 is 10.1 Å². The van der Waals surface area contributed by atoms with E-state index in [-0.39, 0.29) is 12.6 Å². The van der Waals surface area contributed by atoms with E-state index in [0.29, 0.717) is 6.54 Å². The van der Waals surface area contributed by atoms with E-state index < -0.39 is 6.10 Å². The second kappa shape index (κ2) is 8.17. The molecule has 0 aromatic heterocycles. The number of hydrogen-bond acceptors (Lipinski definition) is 3. The number of benzene rings is 2. The van der Waals surface area contributed by atoms with Crippen molar-refractivity contribution in [3.05, 3.63) is 64.6 Å². The Hall–Kier alpha value is -1.36. The van der Waals surface area contributed by atoms with E-state index in [1.54, 1.807) is 0 Å². The summed E-state index contributed by atoms with van der Waals surface area (Å²) in [6.07, 6.45) is -0.542. The van der Waals surface area contributed by atoms with Gasteiger partial charge in [0.15, 0.2) is 0 Å². The summed E-state index contributed by atoms with van der Waals surface area (Å²) in [5, 5.41) is 13.3. The van der Waals surface area contributed by atoms with Crippen LogP contribution in [0, 0.1) is 0 Å². The van der Waals surface area contributed by atoms with Gasteiger partial charge in [0, 0.05) is 17.1 Å². The van der Waals surface area contributed by atoms with Crippen molar-refractivity contribution >= 4 is 15.9 Å². The molecule has 21 heavy (non-hydrogen) atoms. The Morgan fingerprint density at radius 2 is 1.76 bits per heavy atom. The van der Waals surface area contributed by atoms with Gasteiger partial charge in [-0.15, -0.1) is 0 Å². The molecule has 112 valence electrons. The van der Waals surface area contributed by atoms with Crippen molar-refractivity contribution < 1.29 is 9.84 Å². The zero-order valence-electron chi connectivity index (χ0n) is 12.0. The summed E-state index contributed by atoms with van der Waals surface area (Å²) in [4.78, 5) is 0. The van der Waals surface area contributed by atoms with Crippen molar-refractivity contribution in [2.45, 2.75) is 19.1 Å². The summed E-state index contributed by atoms with van der Waals surface area (Å²) in [6.45, 7) is 2.85. The molecule has 0 aliphatic heterocycles. The van der Waals surface area contributed by atoms with Gasteiger partial charge >= 0.3 is 0 Å². The molecule has 2 atom stereocenters. The molecule has 4 heteroatoms. The zero-order valence-corrected chi connectivity index (χ0v) is 13.6. The number of ether oxygens (including phenoxy) is 1. The van der Waals surface area contributed by atoms with Crippen LogP contribution >= 0.6 is 15.9 Å². The van der Waals surface area contributed by atoms with Crippen LogP contribution in [0.25, 0.3) is 0 Å². The maximum atomic E-state index is 9.96. The Balaban J connectivity index is 1.72. The minimum Gasteiger partial charge on any atom is -0.491 e. The quantitative estimate of drug-likeness (QED) is 0.803. The van der Waals surface area contributed by atoms with Gasteiger partial charge in [0.1, 0.15) is 18.5 Å². The predicted molar refractivity (Wildman–Crippen MR) is 88.5 cm³/mol. The van der Waals surface area contributed by atoms with E-state index in [1.165, 1.54) is 5.56 Å². The molecule has 2 aromatic rings. The summed E-state index contributed by atoms with van der Waals surface area (Å²) in [5.74, 6) is 0.758. The molecule has 2 aromatic carbocycles. The maximum Gasteiger partial charge on any atom is 0.119 e. The molecule has 0 unspecified atom stereocenters. The highest BCUT2D eigenvalue weighted by molar-refractivity contribution is 9.10. The van der Waals surface area contributed by atoms with Crippen molar-refractivity contribution in [3.8, 4) is 5.75 Å². The van der Waals surface area contributed by atoms with E-state index in [0.717, 1.165) is 10.2 Å². The van der Waals surface area contributed by atoms with Gasteiger partial charge in [-0.1, -0.05) is 46.3 Å². The predicted octanol–water partition coefficient (Wildman–Crippen LogP) is 3.54. The smallest absolute Gasteiger partial charge is 0.119 e. The second-order valence-corrected chi connectivity index (χ2v) is 5.88. The van der Waals surface area contributed by atoms with Crippen LogP contribution in [-0.2, 0) is 0 Å². The van der Waals surface area contributed by atoms with Crippen molar-refractivity contribution in [2.75, 3.05) is 13.2 Å². The standard InChI is InChI=1S/C17H20BrNO2/c1-13(14-5-3-2-4-6-14)19-11-16(20)12-21-17-9-7-15(18)8-10-17/h2-10,13,16,19-20H,11-12H2,1H3/t13-,16-/m0/s1. The molecule has 3 nitrogen and oxygen atoms in total. The molecule has 0 fully saturated rings. The molecule has 0 radical (unpaired) electrons. The van der Waals surface area contributed by atoms with E-state index in [1.807, 2.05) is 42.5 Å². The Morgan fingerprint density at radius 1 is 1.10 bits per heavy atom. The summed E-state index contributed by atoms with van der Waals surface area (Å²) in [7, 11) is 0. The van der Waals surface area contributed by atoms with Gasteiger partial charge in [0.25, 0.3) is 0 Å².